The third kappa shape index (κ3) is 2.27. The summed E-state index contributed by atoms with van der Waals surface area (Å²) in [5.41, 5.74) is 0.837. The standard InChI is InChI=1S/C10H12ClN2O3.C2H6/c1-10(2)4-3-6-7(13(15)16)5-8(11)12(14)9(6)10;1-2/h5,14H,3-4H2,1-2H3;1-2H3/q+1;. The maximum absolute atomic E-state index is 10.9. The molecule has 0 spiro atoms. The Morgan fingerprint density at radius 1 is 1.50 bits per heavy atom. The topological polar surface area (TPSA) is 67.2 Å². The normalized spacial score (nSPS) is 15.6. The van der Waals surface area contributed by atoms with Gasteiger partial charge < -0.3 is 0 Å². The van der Waals surface area contributed by atoms with Gasteiger partial charge in [0.2, 0.25) is 0 Å². The fourth-order valence-corrected chi connectivity index (χ4v) is 2.47. The second-order valence-electron chi connectivity index (χ2n) is 4.63. The Morgan fingerprint density at radius 2 is 2.06 bits per heavy atom. The number of hydrogen-bond donors (Lipinski definition) is 1. The van der Waals surface area contributed by atoms with Gasteiger partial charge in [-0.1, -0.05) is 13.8 Å². The summed E-state index contributed by atoms with van der Waals surface area (Å²) >= 11 is 5.78. The predicted octanol–water partition coefficient (Wildman–Crippen LogP) is 3.02. The van der Waals surface area contributed by atoms with Crippen LogP contribution in [0.3, 0.4) is 0 Å². The molecule has 1 aliphatic rings. The van der Waals surface area contributed by atoms with Crippen LogP contribution in [0, 0.1) is 10.1 Å². The van der Waals surface area contributed by atoms with E-state index in [1.165, 1.54) is 6.07 Å². The van der Waals surface area contributed by atoms with Gasteiger partial charge in [0.25, 0.3) is 11.4 Å². The number of aromatic nitrogens is 1. The third-order valence-corrected chi connectivity index (χ3v) is 3.37. The number of rotatable bonds is 1. The molecule has 1 aromatic rings. The fourth-order valence-electron chi connectivity index (χ4n) is 2.28. The van der Waals surface area contributed by atoms with Crippen molar-refractivity contribution in [3.8, 4) is 0 Å². The van der Waals surface area contributed by atoms with E-state index in [9.17, 15) is 15.3 Å². The summed E-state index contributed by atoms with van der Waals surface area (Å²) in [6.07, 6.45) is 1.36. The van der Waals surface area contributed by atoms with Gasteiger partial charge in [0.05, 0.1) is 10.3 Å². The number of nitrogens with zero attached hydrogens (tertiary/aromatic N) is 2. The molecule has 0 radical (unpaired) electrons. The zero-order chi connectivity index (χ0) is 14.1. The molecule has 1 aliphatic carbocycles. The van der Waals surface area contributed by atoms with Crippen LogP contribution in [0.15, 0.2) is 6.07 Å². The molecular weight excluding hydrogens is 256 g/mol. The van der Waals surface area contributed by atoms with Crippen LogP contribution in [-0.2, 0) is 11.8 Å². The van der Waals surface area contributed by atoms with E-state index >= 15 is 0 Å². The van der Waals surface area contributed by atoms with Gasteiger partial charge in [-0.05, 0) is 38.3 Å². The minimum absolute atomic E-state index is 0.00382. The molecule has 2 rings (SSSR count). The van der Waals surface area contributed by atoms with Gasteiger partial charge in [-0.3, -0.25) is 15.3 Å². The number of pyridine rings is 1. The van der Waals surface area contributed by atoms with Crippen molar-refractivity contribution < 1.29 is 14.9 Å². The summed E-state index contributed by atoms with van der Waals surface area (Å²) in [6.45, 7) is 7.87. The van der Waals surface area contributed by atoms with Gasteiger partial charge in [-0.2, -0.15) is 0 Å². The number of halogens is 1. The summed E-state index contributed by atoms with van der Waals surface area (Å²) < 4.78 is 0.858. The van der Waals surface area contributed by atoms with Crippen molar-refractivity contribution >= 4 is 17.3 Å². The van der Waals surface area contributed by atoms with Gasteiger partial charge in [0.1, 0.15) is 11.6 Å². The molecule has 1 aromatic heterocycles. The van der Waals surface area contributed by atoms with E-state index < -0.39 is 4.92 Å². The first-order valence-corrected chi connectivity index (χ1v) is 6.34. The van der Waals surface area contributed by atoms with Crippen LogP contribution in [0.5, 0.6) is 0 Å². The third-order valence-electron chi connectivity index (χ3n) is 3.10. The Hall–Kier alpha value is -1.36. The van der Waals surface area contributed by atoms with Crippen molar-refractivity contribution in [3.05, 3.63) is 32.6 Å². The summed E-state index contributed by atoms with van der Waals surface area (Å²) in [5, 5.41) is 20.7. The van der Waals surface area contributed by atoms with Crippen LogP contribution in [0.25, 0.3) is 0 Å². The maximum Gasteiger partial charge on any atom is 0.332 e. The van der Waals surface area contributed by atoms with Crippen molar-refractivity contribution in [1.82, 2.24) is 0 Å². The highest BCUT2D eigenvalue weighted by atomic mass is 35.5. The molecule has 6 heteroatoms. The lowest BCUT2D eigenvalue weighted by Gasteiger charge is -2.12. The van der Waals surface area contributed by atoms with Crippen LogP contribution in [0.2, 0.25) is 5.15 Å². The molecule has 0 amide bonds. The molecule has 0 saturated carbocycles. The van der Waals surface area contributed by atoms with Gasteiger partial charge in [-0.25, -0.2) is 0 Å². The van der Waals surface area contributed by atoms with Crippen molar-refractivity contribution in [1.29, 1.82) is 0 Å². The van der Waals surface area contributed by atoms with E-state index in [0.717, 1.165) is 11.2 Å². The van der Waals surface area contributed by atoms with Crippen LogP contribution < -0.4 is 4.73 Å². The van der Waals surface area contributed by atoms with Crippen molar-refractivity contribution in [2.45, 2.75) is 46.0 Å². The molecule has 0 unspecified atom stereocenters. The zero-order valence-corrected chi connectivity index (χ0v) is 11.8. The Morgan fingerprint density at radius 3 is 2.56 bits per heavy atom. The molecule has 0 saturated heterocycles. The highest BCUT2D eigenvalue weighted by Crippen LogP contribution is 2.40. The first-order valence-electron chi connectivity index (χ1n) is 5.96. The van der Waals surface area contributed by atoms with Gasteiger partial charge in [0.15, 0.2) is 0 Å². The molecule has 0 aromatic carbocycles. The predicted molar refractivity (Wildman–Crippen MR) is 68.2 cm³/mol. The van der Waals surface area contributed by atoms with E-state index in [4.69, 9.17) is 11.6 Å². The molecular formula is C12H18ClN2O3+. The minimum atomic E-state index is -0.452. The SMILES string of the molecule is CC.CC1(C)CCc2c([N+](=O)[O-])cc(Cl)[n+](O)c21. The molecule has 5 nitrogen and oxygen atoms in total. The lowest BCUT2D eigenvalue weighted by molar-refractivity contribution is -0.909. The smallest absolute Gasteiger partial charge is 0.283 e. The molecule has 0 fully saturated rings. The molecule has 0 atom stereocenters. The first kappa shape index (κ1) is 14.7. The quantitative estimate of drug-likeness (QED) is 0.281. The monoisotopic (exact) mass is 273 g/mol. The second-order valence-corrected chi connectivity index (χ2v) is 5.02. The Kier molecular flexibility index (Phi) is 4.16. The van der Waals surface area contributed by atoms with Crippen LogP contribution in [0.1, 0.15) is 45.4 Å². The van der Waals surface area contributed by atoms with Crippen LogP contribution >= 0.6 is 11.6 Å². The summed E-state index contributed by atoms with van der Waals surface area (Å²) in [5.74, 6) is 0. The molecule has 100 valence electrons. The molecule has 0 bridgehead atoms. The highest BCUT2D eigenvalue weighted by molar-refractivity contribution is 6.28. The largest absolute Gasteiger partial charge is 0.332 e. The molecule has 1 N–H and O–H groups in total. The highest BCUT2D eigenvalue weighted by Gasteiger charge is 2.45. The lowest BCUT2D eigenvalue weighted by atomic mass is 9.90. The fraction of sp³-hybridized carbons (Fsp3) is 0.583. The summed E-state index contributed by atoms with van der Waals surface area (Å²) in [7, 11) is 0. The van der Waals surface area contributed by atoms with Gasteiger partial charge in [0, 0.05) is 4.73 Å². The minimum Gasteiger partial charge on any atom is -0.283 e. The van der Waals surface area contributed by atoms with E-state index in [2.05, 4.69) is 0 Å². The van der Waals surface area contributed by atoms with Gasteiger partial charge in [-0.15, -0.1) is 0 Å². The van der Waals surface area contributed by atoms with Crippen molar-refractivity contribution in [2.75, 3.05) is 0 Å². The molecule has 1 heterocycles. The van der Waals surface area contributed by atoms with E-state index in [0.29, 0.717) is 17.7 Å². The number of nitro groups is 1. The maximum atomic E-state index is 10.9. The second kappa shape index (κ2) is 5.10. The van der Waals surface area contributed by atoms with Crippen LogP contribution in [0.4, 0.5) is 5.69 Å². The van der Waals surface area contributed by atoms with E-state index in [1.54, 1.807) is 0 Å². The molecule has 18 heavy (non-hydrogen) atoms. The summed E-state index contributed by atoms with van der Waals surface area (Å²) in [6, 6.07) is 1.20. The Bertz CT molecular complexity index is 487. The van der Waals surface area contributed by atoms with E-state index in [-0.39, 0.29) is 16.3 Å². The van der Waals surface area contributed by atoms with Crippen molar-refractivity contribution in [3.63, 3.8) is 0 Å². The average Bonchev–Trinajstić information content (AvgIpc) is 2.62. The van der Waals surface area contributed by atoms with E-state index in [1.807, 2.05) is 27.7 Å². The summed E-state index contributed by atoms with van der Waals surface area (Å²) in [4.78, 5) is 10.4. The van der Waals surface area contributed by atoms with Gasteiger partial charge >= 0.3 is 5.15 Å². The zero-order valence-electron chi connectivity index (χ0n) is 11.0. The molecule has 0 aliphatic heterocycles. The van der Waals surface area contributed by atoms with Crippen molar-refractivity contribution in [2.24, 2.45) is 0 Å². The number of hydrogen-bond acceptors (Lipinski definition) is 3. The average molecular weight is 274 g/mol. The van der Waals surface area contributed by atoms with Crippen LogP contribution in [-0.4, -0.2) is 10.1 Å². The Labute approximate surface area is 111 Å². The number of fused-ring (bicyclic) bond motifs is 1. The first-order chi connectivity index (χ1) is 8.34. The Balaban J connectivity index is 0.000000771. The lowest BCUT2D eigenvalue weighted by Crippen LogP contribution is -2.42.